The number of benzene rings is 5. The third kappa shape index (κ3) is 22.2. The van der Waals surface area contributed by atoms with Crippen LogP contribution in [0.3, 0.4) is 0 Å². The molecule has 0 saturated carbocycles. The van der Waals surface area contributed by atoms with Crippen molar-refractivity contribution in [2.75, 3.05) is 20.3 Å². The average Bonchev–Trinajstić information content (AvgIpc) is 3.37. The topological polar surface area (TPSA) is 206 Å². The van der Waals surface area contributed by atoms with Crippen LogP contribution >= 0.6 is 0 Å². The Morgan fingerprint density at radius 2 is 1.16 bits per heavy atom. The smallest absolute Gasteiger partial charge is 0.408 e. The lowest BCUT2D eigenvalue weighted by Gasteiger charge is -2.25. The second kappa shape index (κ2) is 29.3. The van der Waals surface area contributed by atoms with Gasteiger partial charge in [-0.1, -0.05) is 141 Å². The van der Waals surface area contributed by atoms with Gasteiger partial charge in [0.25, 0.3) is 0 Å². The first kappa shape index (κ1) is 58.2. The number of ether oxygens (including phenoxy) is 6. The van der Waals surface area contributed by atoms with E-state index in [1.165, 1.54) is 7.11 Å². The van der Waals surface area contributed by atoms with E-state index in [1.807, 2.05) is 133 Å². The van der Waals surface area contributed by atoms with Crippen molar-refractivity contribution < 1.29 is 57.2 Å². The number of carbonyl (C=O) groups excluding carboxylic acids is 6. The first-order chi connectivity index (χ1) is 35.8. The maximum Gasteiger partial charge on any atom is 0.408 e. The summed E-state index contributed by atoms with van der Waals surface area (Å²) in [4.78, 5) is 79.6. The molecule has 400 valence electrons. The van der Waals surface area contributed by atoms with Gasteiger partial charge in [-0.05, 0) is 97.2 Å². The second-order valence-electron chi connectivity index (χ2n) is 20.3. The van der Waals surface area contributed by atoms with Crippen LogP contribution in [0.5, 0.6) is 5.75 Å². The molecular formula is C58H72N4O12Si. The zero-order valence-electron chi connectivity index (χ0n) is 44.1. The van der Waals surface area contributed by atoms with Crippen LogP contribution in [0.1, 0.15) is 67.9 Å². The van der Waals surface area contributed by atoms with Gasteiger partial charge in [-0.3, -0.25) is 9.59 Å². The molecule has 1 unspecified atom stereocenters. The van der Waals surface area contributed by atoms with E-state index in [1.54, 1.807) is 20.8 Å². The van der Waals surface area contributed by atoms with Crippen LogP contribution in [0.2, 0.25) is 25.7 Å². The van der Waals surface area contributed by atoms with Crippen molar-refractivity contribution in [3.05, 3.63) is 161 Å². The zero-order valence-corrected chi connectivity index (χ0v) is 45.1. The minimum atomic E-state index is -1.57. The predicted molar refractivity (Wildman–Crippen MR) is 288 cm³/mol. The number of nitrogens with one attached hydrogen (secondary N) is 4. The summed E-state index contributed by atoms with van der Waals surface area (Å²) < 4.78 is 33.6. The van der Waals surface area contributed by atoms with E-state index in [9.17, 15) is 28.8 Å². The van der Waals surface area contributed by atoms with E-state index in [0.717, 1.165) is 39.4 Å². The number of hydrogen-bond acceptors (Lipinski definition) is 12. The lowest BCUT2D eigenvalue weighted by atomic mass is 9.95. The molecule has 0 radical (unpaired) electrons. The van der Waals surface area contributed by atoms with Gasteiger partial charge in [0.15, 0.2) is 0 Å². The molecule has 0 spiro atoms. The van der Waals surface area contributed by atoms with Crippen LogP contribution in [0.4, 0.5) is 14.4 Å². The standard InChI is InChI=1S/C58H72N4O12Si/c1-58(2,3)74-57(68)61-49(27-18-30-59-55(66)72-39-42-21-13-9-14-22-42)53(64)60-48(37-52(63)69-4)34-44-25-17-26-45(33-44)46-28-29-51(71-38-41-19-11-8-12-20-41)47(35-46)36-50(54(65)70-31-32-75(5,6)7)62-56(67)73-40-43-23-15-10-16-24-43/h8-17,19-26,28-29,33,35,48-50H,18,27,30-32,34,36-40H2,1-7H3,(H,59,66)(H,60,64)(H,61,68)(H,62,67)/t48?,49-,50-/m0/s1. The molecule has 75 heavy (non-hydrogen) atoms. The SMILES string of the molecule is COC(=O)CC(Cc1cccc(-c2ccc(OCc3ccccc3)c(C[C@H](NC(=O)OCc3ccccc3)C(=O)OCC[Si](C)(C)C)c2)c1)NC(=O)[C@H](CCCNC(=O)OCc1ccccc1)NC(=O)OC(C)(C)C. The molecule has 0 bridgehead atoms. The van der Waals surface area contributed by atoms with Crippen molar-refractivity contribution in [3.63, 3.8) is 0 Å². The molecule has 0 aliphatic heterocycles. The van der Waals surface area contributed by atoms with Crippen LogP contribution in [-0.4, -0.2) is 88.2 Å². The first-order valence-electron chi connectivity index (χ1n) is 25.2. The Kier molecular flexibility index (Phi) is 22.7. The Morgan fingerprint density at radius 3 is 1.76 bits per heavy atom. The minimum Gasteiger partial charge on any atom is -0.489 e. The molecule has 5 aromatic carbocycles. The molecule has 0 saturated heterocycles. The molecule has 3 atom stereocenters. The summed E-state index contributed by atoms with van der Waals surface area (Å²) in [5.41, 5.74) is 4.59. The Bertz CT molecular complexity index is 2620. The molecule has 0 fully saturated rings. The predicted octanol–water partition coefficient (Wildman–Crippen LogP) is 9.84. The Hall–Kier alpha value is -7.66. The van der Waals surface area contributed by atoms with Crippen molar-refractivity contribution >= 4 is 44.2 Å². The first-order valence-corrected chi connectivity index (χ1v) is 28.9. The van der Waals surface area contributed by atoms with E-state index in [4.69, 9.17) is 28.4 Å². The van der Waals surface area contributed by atoms with Crippen LogP contribution in [0.25, 0.3) is 11.1 Å². The average molecular weight is 1050 g/mol. The van der Waals surface area contributed by atoms with Crippen LogP contribution in [0, 0.1) is 0 Å². The summed E-state index contributed by atoms with van der Waals surface area (Å²) in [6.45, 7) is 12.4. The molecule has 5 aromatic rings. The highest BCUT2D eigenvalue weighted by Crippen LogP contribution is 2.30. The zero-order chi connectivity index (χ0) is 54.2. The number of amides is 4. The monoisotopic (exact) mass is 1040 g/mol. The maximum atomic E-state index is 14.1. The van der Waals surface area contributed by atoms with Gasteiger partial charge in [0.05, 0.1) is 20.1 Å². The fraction of sp³-hybridized carbons (Fsp3) is 0.379. The van der Waals surface area contributed by atoms with E-state index in [2.05, 4.69) is 40.9 Å². The fourth-order valence-corrected chi connectivity index (χ4v) is 8.30. The molecule has 17 heteroatoms. The molecule has 0 aliphatic rings. The van der Waals surface area contributed by atoms with E-state index in [0.29, 0.717) is 11.3 Å². The fourth-order valence-electron chi connectivity index (χ4n) is 7.59. The van der Waals surface area contributed by atoms with Gasteiger partial charge >= 0.3 is 30.2 Å². The number of carbonyl (C=O) groups is 6. The van der Waals surface area contributed by atoms with Crippen molar-refractivity contribution in [3.8, 4) is 16.9 Å². The molecular weight excluding hydrogens is 973 g/mol. The van der Waals surface area contributed by atoms with Crippen LogP contribution in [-0.2, 0) is 70.7 Å². The number of methoxy groups -OCH3 is 1. The summed E-state index contributed by atoms with van der Waals surface area (Å²) in [6, 6.07) is 39.0. The highest BCUT2D eigenvalue weighted by atomic mass is 28.3. The van der Waals surface area contributed by atoms with E-state index in [-0.39, 0.29) is 65.1 Å². The van der Waals surface area contributed by atoms with E-state index >= 15 is 0 Å². The molecule has 5 rings (SSSR count). The summed E-state index contributed by atoms with van der Waals surface area (Å²) in [5, 5.41) is 11.1. The maximum absolute atomic E-state index is 14.1. The largest absolute Gasteiger partial charge is 0.489 e. The summed E-state index contributed by atoms with van der Waals surface area (Å²) >= 11 is 0. The number of esters is 2. The Balaban J connectivity index is 1.37. The highest BCUT2D eigenvalue weighted by Gasteiger charge is 2.29. The normalized spacial score (nSPS) is 12.4. The van der Waals surface area contributed by atoms with Gasteiger partial charge in [-0.25, -0.2) is 19.2 Å². The third-order valence-electron chi connectivity index (χ3n) is 11.5. The number of rotatable bonds is 26. The quantitative estimate of drug-likeness (QED) is 0.0177. The van der Waals surface area contributed by atoms with Crippen LogP contribution in [0.15, 0.2) is 133 Å². The number of hydrogen-bond donors (Lipinski definition) is 4. The van der Waals surface area contributed by atoms with E-state index < -0.39 is 67.9 Å². The summed E-state index contributed by atoms with van der Waals surface area (Å²) in [5.74, 6) is -1.25. The lowest BCUT2D eigenvalue weighted by molar-refractivity contribution is -0.145. The van der Waals surface area contributed by atoms with Gasteiger partial charge in [0.1, 0.15) is 43.3 Å². The Labute approximate surface area is 441 Å². The lowest BCUT2D eigenvalue weighted by Crippen LogP contribution is -2.51. The third-order valence-corrected chi connectivity index (χ3v) is 13.2. The van der Waals surface area contributed by atoms with Gasteiger partial charge in [-0.15, -0.1) is 0 Å². The van der Waals surface area contributed by atoms with Crippen LogP contribution < -0.4 is 26.0 Å². The minimum absolute atomic E-state index is 0.00232. The molecule has 16 nitrogen and oxygen atoms in total. The number of alkyl carbamates (subject to hydrolysis) is 3. The summed E-state index contributed by atoms with van der Waals surface area (Å²) in [6.07, 6.45) is -1.82. The second-order valence-corrected chi connectivity index (χ2v) is 25.9. The van der Waals surface area contributed by atoms with Crippen molar-refractivity contribution in [1.82, 2.24) is 21.3 Å². The van der Waals surface area contributed by atoms with Gasteiger partial charge in [0, 0.05) is 27.1 Å². The molecule has 0 aromatic heterocycles. The summed E-state index contributed by atoms with van der Waals surface area (Å²) in [7, 11) is -0.309. The van der Waals surface area contributed by atoms with Crippen molar-refractivity contribution in [1.29, 1.82) is 0 Å². The van der Waals surface area contributed by atoms with Crippen molar-refractivity contribution in [2.45, 2.75) is 122 Å². The molecule has 0 heterocycles. The van der Waals surface area contributed by atoms with Crippen molar-refractivity contribution in [2.24, 2.45) is 0 Å². The van der Waals surface area contributed by atoms with Gasteiger partial charge < -0.3 is 49.7 Å². The van der Waals surface area contributed by atoms with Gasteiger partial charge in [-0.2, -0.15) is 0 Å². The molecule has 0 aliphatic carbocycles. The van der Waals surface area contributed by atoms with Gasteiger partial charge in [0.2, 0.25) is 5.91 Å². The Morgan fingerprint density at radius 1 is 0.587 bits per heavy atom. The molecule has 4 N–H and O–H groups in total. The molecule has 4 amide bonds. The highest BCUT2D eigenvalue weighted by molar-refractivity contribution is 6.76.